The first-order valence-corrected chi connectivity index (χ1v) is 10.0. The number of pyridine rings is 1. The van der Waals surface area contributed by atoms with E-state index >= 15 is 0 Å². The number of sulfonamides is 1. The van der Waals surface area contributed by atoms with Crippen molar-refractivity contribution >= 4 is 32.4 Å². The number of nitrogens with one attached hydrogen (secondary N) is 2. The number of aromatic amines is 1. The average molecular weight is 409 g/mol. The minimum Gasteiger partial charge on any atom is -0.276 e. The standard InChI is InChI=1S/C19H15N5O4S/c1-12-8-9-20-19-15(12)6-3-7-17(19)29(27,28)23-18-11-16(21-22-18)13-4-2-5-14(10-13)24(25)26/h2-11H,1H3,(H2,21,22,23). The van der Waals surface area contributed by atoms with Gasteiger partial charge in [-0.1, -0.05) is 24.3 Å². The van der Waals surface area contributed by atoms with E-state index in [0.29, 0.717) is 16.8 Å². The highest BCUT2D eigenvalue weighted by Crippen LogP contribution is 2.27. The van der Waals surface area contributed by atoms with Crippen LogP contribution in [0.3, 0.4) is 0 Å². The molecule has 2 aromatic carbocycles. The van der Waals surface area contributed by atoms with Crippen LogP contribution >= 0.6 is 0 Å². The van der Waals surface area contributed by atoms with E-state index < -0.39 is 14.9 Å². The van der Waals surface area contributed by atoms with E-state index in [1.54, 1.807) is 24.4 Å². The summed E-state index contributed by atoms with van der Waals surface area (Å²) in [5.74, 6) is 0.0659. The van der Waals surface area contributed by atoms with Gasteiger partial charge in [0.2, 0.25) is 0 Å². The van der Waals surface area contributed by atoms with Gasteiger partial charge in [0.05, 0.1) is 16.1 Å². The fourth-order valence-corrected chi connectivity index (χ4v) is 4.17. The Morgan fingerprint density at radius 2 is 1.90 bits per heavy atom. The second-order valence-corrected chi connectivity index (χ2v) is 8.01. The molecular formula is C19H15N5O4S. The van der Waals surface area contributed by atoms with Crippen molar-refractivity contribution in [2.45, 2.75) is 11.8 Å². The van der Waals surface area contributed by atoms with Crippen LogP contribution in [0.15, 0.2) is 65.7 Å². The van der Waals surface area contributed by atoms with Gasteiger partial charge in [0.25, 0.3) is 15.7 Å². The third kappa shape index (κ3) is 3.52. The third-order valence-corrected chi connectivity index (χ3v) is 5.81. The molecule has 29 heavy (non-hydrogen) atoms. The Labute approximate surface area is 165 Å². The Hall–Kier alpha value is -3.79. The van der Waals surface area contributed by atoms with Crippen molar-refractivity contribution < 1.29 is 13.3 Å². The molecule has 0 radical (unpaired) electrons. The fourth-order valence-electron chi connectivity index (χ4n) is 3.01. The number of para-hydroxylation sites is 1. The molecule has 0 amide bonds. The molecule has 10 heteroatoms. The van der Waals surface area contributed by atoms with E-state index in [0.717, 1.165) is 10.9 Å². The third-order valence-electron chi connectivity index (χ3n) is 4.43. The van der Waals surface area contributed by atoms with Gasteiger partial charge in [0, 0.05) is 35.3 Å². The second kappa shape index (κ2) is 6.99. The number of anilines is 1. The number of non-ortho nitro benzene ring substituents is 1. The maximum absolute atomic E-state index is 12.9. The summed E-state index contributed by atoms with van der Waals surface area (Å²) in [5, 5.41) is 18.4. The first kappa shape index (κ1) is 18.6. The van der Waals surface area contributed by atoms with Crippen molar-refractivity contribution in [2.24, 2.45) is 0 Å². The first-order chi connectivity index (χ1) is 13.8. The number of aryl methyl sites for hydroxylation is 1. The Morgan fingerprint density at radius 1 is 1.10 bits per heavy atom. The molecule has 4 aromatic rings. The Kier molecular flexibility index (Phi) is 4.47. The number of rotatable bonds is 5. The lowest BCUT2D eigenvalue weighted by molar-refractivity contribution is -0.384. The van der Waals surface area contributed by atoms with Crippen molar-refractivity contribution in [3.05, 3.63) is 76.5 Å². The van der Waals surface area contributed by atoms with Gasteiger partial charge in [-0.05, 0) is 24.6 Å². The number of nitro groups is 1. The van der Waals surface area contributed by atoms with E-state index in [1.165, 1.54) is 24.3 Å². The summed E-state index contributed by atoms with van der Waals surface area (Å²) in [5.41, 5.74) is 2.17. The van der Waals surface area contributed by atoms with Crippen molar-refractivity contribution in [1.29, 1.82) is 0 Å². The molecule has 0 unspecified atom stereocenters. The van der Waals surface area contributed by atoms with Crippen LogP contribution in [0.4, 0.5) is 11.5 Å². The molecule has 0 aliphatic heterocycles. The maximum atomic E-state index is 12.9. The van der Waals surface area contributed by atoms with Gasteiger partial charge in [0.15, 0.2) is 5.82 Å². The summed E-state index contributed by atoms with van der Waals surface area (Å²) >= 11 is 0. The normalized spacial score (nSPS) is 11.5. The summed E-state index contributed by atoms with van der Waals surface area (Å²) in [4.78, 5) is 14.7. The predicted molar refractivity (Wildman–Crippen MR) is 108 cm³/mol. The highest BCUT2D eigenvalue weighted by Gasteiger charge is 2.20. The van der Waals surface area contributed by atoms with E-state index in [-0.39, 0.29) is 16.4 Å². The van der Waals surface area contributed by atoms with Crippen molar-refractivity contribution in [3.8, 4) is 11.3 Å². The van der Waals surface area contributed by atoms with Crippen LogP contribution in [0, 0.1) is 17.0 Å². The van der Waals surface area contributed by atoms with Crippen LogP contribution in [-0.4, -0.2) is 28.5 Å². The molecule has 0 saturated heterocycles. The maximum Gasteiger partial charge on any atom is 0.270 e. The van der Waals surface area contributed by atoms with Gasteiger partial charge >= 0.3 is 0 Å². The molecule has 0 atom stereocenters. The van der Waals surface area contributed by atoms with Gasteiger partial charge in [0.1, 0.15) is 4.90 Å². The summed E-state index contributed by atoms with van der Waals surface area (Å²) in [6.07, 6.45) is 1.56. The highest BCUT2D eigenvalue weighted by molar-refractivity contribution is 7.93. The SMILES string of the molecule is Cc1ccnc2c(S(=O)(=O)Nc3cc(-c4cccc([N+](=O)[O-])c4)[nH]n3)cccc12. The Balaban J connectivity index is 1.68. The molecule has 0 fully saturated rings. The molecule has 2 heterocycles. The van der Waals surface area contributed by atoms with Crippen LogP contribution in [-0.2, 0) is 10.0 Å². The highest BCUT2D eigenvalue weighted by atomic mass is 32.2. The zero-order chi connectivity index (χ0) is 20.6. The predicted octanol–water partition coefficient (Wildman–Crippen LogP) is 3.64. The fraction of sp³-hybridized carbons (Fsp3) is 0.0526. The van der Waals surface area contributed by atoms with E-state index in [4.69, 9.17) is 0 Å². The molecule has 0 aliphatic carbocycles. The topological polar surface area (TPSA) is 131 Å². The van der Waals surface area contributed by atoms with Crippen LogP contribution in [0.25, 0.3) is 22.2 Å². The molecule has 2 aromatic heterocycles. The number of nitro benzene ring substituents is 1. The molecule has 4 rings (SSSR count). The first-order valence-electron chi connectivity index (χ1n) is 8.52. The molecule has 0 aliphatic rings. The van der Waals surface area contributed by atoms with E-state index in [1.807, 2.05) is 19.1 Å². The number of nitrogens with zero attached hydrogens (tertiary/aromatic N) is 3. The van der Waals surface area contributed by atoms with Gasteiger partial charge < -0.3 is 0 Å². The summed E-state index contributed by atoms with van der Waals surface area (Å²) < 4.78 is 28.3. The number of fused-ring (bicyclic) bond motifs is 1. The summed E-state index contributed by atoms with van der Waals surface area (Å²) in [6, 6.07) is 14.2. The van der Waals surface area contributed by atoms with E-state index in [2.05, 4.69) is 19.9 Å². The largest absolute Gasteiger partial charge is 0.276 e. The Morgan fingerprint density at radius 3 is 2.69 bits per heavy atom. The molecule has 0 saturated carbocycles. The van der Waals surface area contributed by atoms with Crippen molar-refractivity contribution in [3.63, 3.8) is 0 Å². The Bertz CT molecular complexity index is 1350. The van der Waals surface area contributed by atoms with Crippen LogP contribution < -0.4 is 4.72 Å². The number of hydrogen-bond acceptors (Lipinski definition) is 6. The van der Waals surface area contributed by atoms with Crippen LogP contribution in [0.2, 0.25) is 0 Å². The van der Waals surface area contributed by atoms with Gasteiger partial charge in [-0.25, -0.2) is 8.42 Å². The van der Waals surface area contributed by atoms with Crippen LogP contribution in [0.1, 0.15) is 5.56 Å². The quantitative estimate of drug-likeness (QED) is 0.382. The average Bonchev–Trinajstić information content (AvgIpc) is 3.16. The molecule has 146 valence electrons. The molecular weight excluding hydrogens is 394 g/mol. The zero-order valence-corrected chi connectivity index (χ0v) is 16.0. The molecule has 9 nitrogen and oxygen atoms in total. The minimum atomic E-state index is -3.95. The number of benzene rings is 2. The van der Waals surface area contributed by atoms with E-state index in [9.17, 15) is 18.5 Å². The molecule has 0 spiro atoms. The molecule has 2 N–H and O–H groups in total. The van der Waals surface area contributed by atoms with Crippen molar-refractivity contribution in [1.82, 2.24) is 15.2 Å². The smallest absolute Gasteiger partial charge is 0.270 e. The summed E-state index contributed by atoms with van der Waals surface area (Å²) in [7, 11) is -3.95. The summed E-state index contributed by atoms with van der Waals surface area (Å²) in [6.45, 7) is 1.88. The van der Waals surface area contributed by atoms with Gasteiger partial charge in [-0.15, -0.1) is 0 Å². The van der Waals surface area contributed by atoms with Gasteiger partial charge in [-0.3, -0.25) is 24.9 Å². The van der Waals surface area contributed by atoms with Crippen LogP contribution in [0.5, 0.6) is 0 Å². The number of aromatic nitrogens is 3. The lowest BCUT2D eigenvalue weighted by atomic mass is 10.1. The lowest BCUT2D eigenvalue weighted by Crippen LogP contribution is -2.14. The second-order valence-electron chi connectivity index (χ2n) is 6.36. The number of H-pyrrole nitrogens is 1. The minimum absolute atomic E-state index is 0.0404. The molecule has 0 bridgehead atoms. The van der Waals surface area contributed by atoms with Gasteiger partial charge in [-0.2, -0.15) is 5.10 Å². The van der Waals surface area contributed by atoms with Crippen molar-refractivity contribution in [2.75, 3.05) is 4.72 Å². The number of hydrogen-bond donors (Lipinski definition) is 2. The zero-order valence-electron chi connectivity index (χ0n) is 15.2. The lowest BCUT2D eigenvalue weighted by Gasteiger charge is -2.09. The monoisotopic (exact) mass is 409 g/mol.